The Hall–Kier alpha value is 0. The van der Waals surface area contributed by atoms with Crippen molar-refractivity contribution in [3.8, 4) is 0 Å². The van der Waals surface area contributed by atoms with Crippen molar-refractivity contribution in [3.05, 3.63) is 0 Å². The van der Waals surface area contributed by atoms with Crippen LogP contribution in [0, 0.1) is 23.7 Å². The van der Waals surface area contributed by atoms with Crippen molar-refractivity contribution >= 4 is 0 Å². The standard InChI is InChI=1S/C16H34/c1-7-9-16(11-10-13(3)4)15(8-2)12-14(5)6/h13-16H,7-12H2,1-6H3. The van der Waals surface area contributed by atoms with Gasteiger partial charge in [-0.05, 0) is 36.5 Å². The topological polar surface area (TPSA) is 0 Å². The monoisotopic (exact) mass is 226 g/mol. The molecule has 2 atom stereocenters. The first kappa shape index (κ1) is 16.0. The van der Waals surface area contributed by atoms with Crippen molar-refractivity contribution in [2.24, 2.45) is 23.7 Å². The molecule has 0 aliphatic rings. The minimum absolute atomic E-state index is 0.864. The molecule has 0 aromatic heterocycles. The summed E-state index contributed by atoms with van der Waals surface area (Å²) >= 11 is 0. The molecule has 0 amide bonds. The van der Waals surface area contributed by atoms with Gasteiger partial charge < -0.3 is 0 Å². The normalized spacial score (nSPS) is 15.8. The molecule has 0 saturated carbocycles. The van der Waals surface area contributed by atoms with E-state index in [4.69, 9.17) is 0 Å². The van der Waals surface area contributed by atoms with Crippen molar-refractivity contribution in [1.82, 2.24) is 0 Å². The maximum absolute atomic E-state index is 2.38. The van der Waals surface area contributed by atoms with Crippen LogP contribution in [0.25, 0.3) is 0 Å². The molecule has 0 heteroatoms. The summed E-state index contributed by atoms with van der Waals surface area (Å²) in [5.74, 6) is 3.69. The summed E-state index contributed by atoms with van der Waals surface area (Å²) in [6.45, 7) is 14.2. The van der Waals surface area contributed by atoms with Crippen LogP contribution in [0.5, 0.6) is 0 Å². The Balaban J connectivity index is 4.21. The van der Waals surface area contributed by atoms with Crippen LogP contribution in [0.3, 0.4) is 0 Å². The van der Waals surface area contributed by atoms with Gasteiger partial charge in [-0.15, -0.1) is 0 Å². The molecule has 0 aromatic rings. The Morgan fingerprint density at radius 2 is 1.31 bits per heavy atom. The molecule has 0 nitrogen and oxygen atoms in total. The van der Waals surface area contributed by atoms with Crippen LogP contribution in [0.15, 0.2) is 0 Å². The predicted molar refractivity (Wildman–Crippen MR) is 75.7 cm³/mol. The summed E-state index contributed by atoms with van der Waals surface area (Å²) in [5, 5.41) is 0. The Morgan fingerprint density at radius 3 is 1.69 bits per heavy atom. The summed E-state index contributed by atoms with van der Waals surface area (Å²) < 4.78 is 0. The SMILES string of the molecule is CCCC(CCC(C)C)C(CC)CC(C)C. The second-order valence-corrected chi connectivity index (χ2v) is 6.32. The lowest BCUT2D eigenvalue weighted by molar-refractivity contribution is 0.232. The molecule has 0 heterocycles. The van der Waals surface area contributed by atoms with Crippen molar-refractivity contribution in [3.63, 3.8) is 0 Å². The molecule has 0 aliphatic carbocycles. The van der Waals surface area contributed by atoms with Gasteiger partial charge in [0.25, 0.3) is 0 Å². The van der Waals surface area contributed by atoms with Crippen LogP contribution in [-0.2, 0) is 0 Å². The van der Waals surface area contributed by atoms with Crippen LogP contribution in [0.2, 0.25) is 0 Å². The largest absolute Gasteiger partial charge is 0.0654 e. The Morgan fingerprint density at radius 1 is 0.688 bits per heavy atom. The molecule has 0 bridgehead atoms. The molecule has 2 unspecified atom stereocenters. The summed E-state index contributed by atoms with van der Waals surface area (Å²) in [7, 11) is 0. The van der Waals surface area contributed by atoms with E-state index in [1.54, 1.807) is 0 Å². The van der Waals surface area contributed by atoms with Gasteiger partial charge in [0.05, 0.1) is 0 Å². The van der Waals surface area contributed by atoms with E-state index in [0.717, 1.165) is 23.7 Å². The molecule has 98 valence electrons. The van der Waals surface area contributed by atoms with Gasteiger partial charge in [0.15, 0.2) is 0 Å². The first-order valence-corrected chi connectivity index (χ1v) is 7.51. The third-order valence-electron chi connectivity index (χ3n) is 3.74. The van der Waals surface area contributed by atoms with Crippen LogP contribution in [0.1, 0.15) is 80.1 Å². The fourth-order valence-corrected chi connectivity index (χ4v) is 2.83. The van der Waals surface area contributed by atoms with Gasteiger partial charge in [0.2, 0.25) is 0 Å². The van der Waals surface area contributed by atoms with Crippen LogP contribution in [0.4, 0.5) is 0 Å². The summed E-state index contributed by atoms with van der Waals surface area (Å²) in [6.07, 6.45) is 8.48. The molecular weight excluding hydrogens is 192 g/mol. The lowest BCUT2D eigenvalue weighted by Crippen LogP contribution is -2.17. The van der Waals surface area contributed by atoms with E-state index in [1.165, 1.54) is 38.5 Å². The smallest absolute Gasteiger partial charge is 0.0386 e. The molecule has 16 heavy (non-hydrogen) atoms. The van der Waals surface area contributed by atoms with Crippen LogP contribution < -0.4 is 0 Å². The van der Waals surface area contributed by atoms with Gasteiger partial charge in [-0.2, -0.15) is 0 Å². The lowest BCUT2D eigenvalue weighted by Gasteiger charge is -2.28. The molecule has 0 aliphatic heterocycles. The minimum Gasteiger partial charge on any atom is -0.0654 e. The van der Waals surface area contributed by atoms with Gasteiger partial charge in [-0.1, -0.05) is 67.2 Å². The number of rotatable bonds is 9. The van der Waals surface area contributed by atoms with Crippen LogP contribution in [-0.4, -0.2) is 0 Å². The highest BCUT2D eigenvalue weighted by Crippen LogP contribution is 2.31. The fraction of sp³-hybridized carbons (Fsp3) is 1.00. The van der Waals surface area contributed by atoms with Gasteiger partial charge in [-0.25, -0.2) is 0 Å². The van der Waals surface area contributed by atoms with Gasteiger partial charge in [-0.3, -0.25) is 0 Å². The van der Waals surface area contributed by atoms with E-state index in [0.29, 0.717) is 0 Å². The van der Waals surface area contributed by atoms with E-state index < -0.39 is 0 Å². The summed E-state index contributed by atoms with van der Waals surface area (Å²) in [6, 6.07) is 0. The van der Waals surface area contributed by atoms with Gasteiger partial charge in [0.1, 0.15) is 0 Å². The molecule has 0 fully saturated rings. The maximum Gasteiger partial charge on any atom is -0.0386 e. The van der Waals surface area contributed by atoms with Crippen molar-refractivity contribution < 1.29 is 0 Å². The van der Waals surface area contributed by atoms with E-state index in [9.17, 15) is 0 Å². The molecule has 0 rings (SSSR count). The summed E-state index contributed by atoms with van der Waals surface area (Å²) in [4.78, 5) is 0. The first-order valence-electron chi connectivity index (χ1n) is 7.51. The predicted octanol–water partition coefficient (Wildman–Crippen LogP) is 5.91. The zero-order chi connectivity index (χ0) is 12.6. The zero-order valence-corrected chi connectivity index (χ0v) is 12.6. The van der Waals surface area contributed by atoms with Gasteiger partial charge in [0, 0.05) is 0 Å². The molecular formula is C16H34. The Labute approximate surface area is 104 Å². The van der Waals surface area contributed by atoms with Crippen molar-refractivity contribution in [2.75, 3.05) is 0 Å². The van der Waals surface area contributed by atoms with E-state index >= 15 is 0 Å². The Kier molecular flexibility index (Phi) is 9.07. The zero-order valence-electron chi connectivity index (χ0n) is 12.6. The molecule has 0 aromatic carbocycles. The lowest BCUT2D eigenvalue weighted by atomic mass is 9.78. The third kappa shape index (κ3) is 7.30. The average Bonchev–Trinajstić information content (AvgIpc) is 2.20. The van der Waals surface area contributed by atoms with E-state index in [-0.39, 0.29) is 0 Å². The highest BCUT2D eigenvalue weighted by atomic mass is 14.3. The van der Waals surface area contributed by atoms with Gasteiger partial charge >= 0.3 is 0 Å². The third-order valence-corrected chi connectivity index (χ3v) is 3.74. The quantitative estimate of drug-likeness (QED) is 0.458. The van der Waals surface area contributed by atoms with E-state index in [1.807, 2.05) is 0 Å². The number of hydrogen-bond donors (Lipinski definition) is 0. The molecule has 0 spiro atoms. The minimum atomic E-state index is 0.864. The molecule has 0 saturated heterocycles. The van der Waals surface area contributed by atoms with Crippen molar-refractivity contribution in [2.45, 2.75) is 80.1 Å². The van der Waals surface area contributed by atoms with E-state index in [2.05, 4.69) is 41.5 Å². The highest BCUT2D eigenvalue weighted by molar-refractivity contribution is 4.71. The molecule has 0 radical (unpaired) electrons. The second-order valence-electron chi connectivity index (χ2n) is 6.32. The highest BCUT2D eigenvalue weighted by Gasteiger charge is 2.20. The fourth-order valence-electron chi connectivity index (χ4n) is 2.83. The second kappa shape index (κ2) is 9.07. The molecule has 0 N–H and O–H groups in total. The first-order chi connectivity index (χ1) is 7.51. The maximum atomic E-state index is 2.38. The van der Waals surface area contributed by atoms with Crippen LogP contribution >= 0.6 is 0 Å². The number of hydrogen-bond acceptors (Lipinski definition) is 0. The summed E-state index contributed by atoms with van der Waals surface area (Å²) in [5.41, 5.74) is 0. The average molecular weight is 226 g/mol. The Bertz CT molecular complexity index is 146. The van der Waals surface area contributed by atoms with Crippen molar-refractivity contribution in [1.29, 1.82) is 0 Å².